The zero-order chi connectivity index (χ0) is 28.8. The molecule has 1 atom stereocenters. The van der Waals surface area contributed by atoms with Gasteiger partial charge in [-0.15, -0.1) is 0 Å². The number of aryl methyl sites for hydroxylation is 1. The molecule has 0 radical (unpaired) electrons. The van der Waals surface area contributed by atoms with E-state index in [1.54, 1.807) is 37.3 Å². The van der Waals surface area contributed by atoms with Gasteiger partial charge in [0, 0.05) is 45.2 Å². The van der Waals surface area contributed by atoms with Gasteiger partial charge in [-0.05, 0) is 49.2 Å². The molecule has 1 fully saturated rings. The van der Waals surface area contributed by atoms with Gasteiger partial charge >= 0.3 is 5.97 Å². The number of anilines is 2. The minimum absolute atomic E-state index is 0.145. The largest absolute Gasteiger partial charge is 0.478 e. The number of nitrogens with two attached hydrogens (primary N) is 1. The second-order valence-electron chi connectivity index (χ2n) is 10.5. The van der Waals surface area contributed by atoms with Gasteiger partial charge in [-0.25, -0.2) is 4.79 Å². The molecule has 1 aliphatic heterocycles. The third kappa shape index (κ3) is 7.32. The predicted octanol–water partition coefficient (Wildman–Crippen LogP) is 4.95. The highest BCUT2D eigenvalue weighted by Crippen LogP contribution is 2.27. The second-order valence-corrected chi connectivity index (χ2v) is 10.5. The number of benzene rings is 3. The third-order valence-corrected chi connectivity index (χ3v) is 7.16. The average molecular weight is 554 g/mol. The van der Waals surface area contributed by atoms with Crippen molar-refractivity contribution in [1.29, 1.82) is 0 Å². The van der Waals surface area contributed by atoms with Crippen molar-refractivity contribution in [3.05, 3.63) is 102 Å². The number of ether oxygens (including phenoxy) is 2. The van der Waals surface area contributed by atoms with E-state index >= 15 is 0 Å². The Morgan fingerprint density at radius 2 is 1.56 bits per heavy atom. The summed E-state index contributed by atoms with van der Waals surface area (Å²) in [5, 5.41) is 9.87. The fourth-order valence-corrected chi connectivity index (χ4v) is 4.82. The van der Waals surface area contributed by atoms with Crippen molar-refractivity contribution in [2.45, 2.75) is 32.4 Å². The molecule has 1 saturated heterocycles. The summed E-state index contributed by atoms with van der Waals surface area (Å²) in [5.41, 5.74) is 7.99. The predicted molar refractivity (Wildman–Crippen MR) is 158 cm³/mol. The van der Waals surface area contributed by atoms with E-state index < -0.39 is 11.6 Å². The summed E-state index contributed by atoms with van der Waals surface area (Å²) in [5.74, 6) is 1.25. The molecule has 0 bridgehead atoms. The molecule has 0 amide bonds. The van der Waals surface area contributed by atoms with E-state index in [0.29, 0.717) is 17.4 Å². The molecule has 4 aromatic rings. The number of piperazine rings is 1. The van der Waals surface area contributed by atoms with E-state index in [1.807, 2.05) is 30.3 Å². The van der Waals surface area contributed by atoms with Gasteiger partial charge in [0.1, 0.15) is 17.3 Å². The molecular formula is C32H35N5O4. The van der Waals surface area contributed by atoms with E-state index in [0.717, 1.165) is 44.1 Å². The fraction of sp³-hybridized carbons (Fsp3) is 0.281. The summed E-state index contributed by atoms with van der Waals surface area (Å²) < 4.78 is 11.9. The first-order valence-corrected chi connectivity index (χ1v) is 13.7. The summed E-state index contributed by atoms with van der Waals surface area (Å²) in [4.78, 5) is 25.4. The first-order chi connectivity index (χ1) is 19.8. The number of aromatic nitrogens is 2. The van der Waals surface area contributed by atoms with Crippen LogP contribution >= 0.6 is 0 Å². The first kappa shape index (κ1) is 27.9. The van der Waals surface area contributed by atoms with Gasteiger partial charge in [0.05, 0.1) is 0 Å². The van der Waals surface area contributed by atoms with Gasteiger partial charge in [0.2, 0.25) is 17.4 Å². The molecule has 0 spiro atoms. The Bertz CT molecular complexity index is 1460. The minimum atomic E-state index is -1.43. The molecule has 1 unspecified atom stereocenters. The quantitative estimate of drug-likeness (QED) is 0.282. The lowest BCUT2D eigenvalue weighted by Gasteiger charge is -2.35. The zero-order valence-corrected chi connectivity index (χ0v) is 23.4. The molecule has 1 aliphatic rings. The lowest BCUT2D eigenvalue weighted by atomic mass is 9.96. The highest BCUT2D eigenvalue weighted by molar-refractivity contribution is 5.78. The number of hydrogen-bond acceptors (Lipinski definition) is 8. The smallest absolute Gasteiger partial charge is 0.348 e. The van der Waals surface area contributed by atoms with Gasteiger partial charge in [-0.3, -0.25) is 4.90 Å². The van der Waals surface area contributed by atoms with Crippen LogP contribution in [0.1, 0.15) is 23.6 Å². The van der Waals surface area contributed by atoms with Crippen LogP contribution in [0, 0.1) is 6.92 Å². The number of carboxylic acid groups (broad SMARTS) is 1. The van der Waals surface area contributed by atoms with Crippen molar-refractivity contribution in [3.63, 3.8) is 0 Å². The highest BCUT2D eigenvalue weighted by Gasteiger charge is 2.36. The maximum absolute atomic E-state index is 12.1. The molecule has 5 rings (SSSR count). The maximum Gasteiger partial charge on any atom is 0.348 e. The van der Waals surface area contributed by atoms with Gasteiger partial charge in [0.25, 0.3) is 0 Å². The number of nitrogen functional groups attached to an aromatic ring is 1. The van der Waals surface area contributed by atoms with Crippen molar-refractivity contribution >= 4 is 17.7 Å². The number of carbonyl (C=O) groups is 1. The van der Waals surface area contributed by atoms with E-state index in [9.17, 15) is 9.90 Å². The number of nitrogens with zero attached hydrogens (tertiary/aromatic N) is 4. The summed E-state index contributed by atoms with van der Waals surface area (Å²) in [6.07, 6.45) is 0.179. The van der Waals surface area contributed by atoms with Crippen molar-refractivity contribution in [1.82, 2.24) is 14.9 Å². The highest BCUT2D eigenvalue weighted by atomic mass is 16.5. The van der Waals surface area contributed by atoms with Crippen LogP contribution in [0.2, 0.25) is 0 Å². The summed E-state index contributed by atoms with van der Waals surface area (Å²) in [6, 6.07) is 26.6. The number of carboxylic acids is 1. The Morgan fingerprint density at radius 1 is 0.902 bits per heavy atom. The Balaban J connectivity index is 1.20. The monoisotopic (exact) mass is 553 g/mol. The molecule has 9 heteroatoms. The van der Waals surface area contributed by atoms with E-state index in [-0.39, 0.29) is 12.4 Å². The van der Waals surface area contributed by atoms with Gasteiger partial charge in [-0.2, -0.15) is 9.97 Å². The maximum atomic E-state index is 12.1. The molecule has 1 aromatic heterocycles. The SMILES string of the molecule is Cc1ccc(CN2CCN(c3cc(Oc4ccc(CC(C)(Oc5ccccc5)C(=O)O)cc4)nc(N)n3)CC2)cc1. The lowest BCUT2D eigenvalue weighted by molar-refractivity contribution is -0.153. The van der Waals surface area contributed by atoms with Crippen LogP contribution in [0.4, 0.5) is 11.8 Å². The molecule has 212 valence electrons. The first-order valence-electron chi connectivity index (χ1n) is 13.7. The number of hydrogen-bond donors (Lipinski definition) is 2. The van der Waals surface area contributed by atoms with Gasteiger partial charge in [0.15, 0.2) is 0 Å². The van der Waals surface area contributed by atoms with Crippen molar-refractivity contribution in [2.24, 2.45) is 0 Å². The second kappa shape index (κ2) is 12.3. The Morgan fingerprint density at radius 3 is 2.22 bits per heavy atom. The molecule has 3 N–H and O–H groups in total. The van der Waals surface area contributed by atoms with E-state index in [1.165, 1.54) is 11.1 Å². The molecule has 2 heterocycles. The minimum Gasteiger partial charge on any atom is -0.478 e. The number of para-hydroxylation sites is 1. The van der Waals surface area contributed by atoms with Crippen molar-refractivity contribution in [3.8, 4) is 17.4 Å². The van der Waals surface area contributed by atoms with E-state index in [2.05, 4.69) is 51.0 Å². The zero-order valence-electron chi connectivity index (χ0n) is 23.4. The molecule has 3 aromatic carbocycles. The Kier molecular flexibility index (Phi) is 8.35. The van der Waals surface area contributed by atoms with Crippen LogP contribution < -0.4 is 20.1 Å². The topological polar surface area (TPSA) is 114 Å². The molecule has 41 heavy (non-hydrogen) atoms. The van der Waals surface area contributed by atoms with Crippen LogP contribution in [0.5, 0.6) is 17.4 Å². The number of aliphatic carboxylic acids is 1. The van der Waals surface area contributed by atoms with Crippen LogP contribution in [0.25, 0.3) is 0 Å². The molecule has 9 nitrogen and oxygen atoms in total. The Labute approximate surface area is 240 Å². The summed E-state index contributed by atoms with van der Waals surface area (Å²) >= 11 is 0. The summed E-state index contributed by atoms with van der Waals surface area (Å²) in [7, 11) is 0. The number of rotatable bonds is 10. The third-order valence-electron chi connectivity index (χ3n) is 7.16. The lowest BCUT2D eigenvalue weighted by Crippen LogP contribution is -2.46. The standard InChI is InChI=1S/C32H35N5O4/c1-23-8-10-25(11-9-23)22-36-16-18-37(19-17-36)28-20-29(35-31(33)34-28)40-26-14-12-24(13-15-26)21-32(2,30(38)39)41-27-6-4-3-5-7-27/h3-15,20H,16-19,21-22H2,1-2H3,(H,38,39)(H2,33,34,35). The summed E-state index contributed by atoms with van der Waals surface area (Å²) in [6.45, 7) is 8.07. The molecule has 0 saturated carbocycles. The van der Waals surface area contributed by atoms with Crippen LogP contribution in [0.15, 0.2) is 84.9 Å². The average Bonchev–Trinajstić information content (AvgIpc) is 2.96. The van der Waals surface area contributed by atoms with Gasteiger partial charge in [-0.1, -0.05) is 60.2 Å². The van der Waals surface area contributed by atoms with E-state index in [4.69, 9.17) is 15.2 Å². The van der Waals surface area contributed by atoms with Crippen molar-refractivity contribution in [2.75, 3.05) is 36.8 Å². The Hall–Kier alpha value is -4.63. The van der Waals surface area contributed by atoms with Crippen LogP contribution in [0.3, 0.4) is 0 Å². The normalized spacial score (nSPS) is 15.2. The molecule has 0 aliphatic carbocycles. The fourth-order valence-electron chi connectivity index (χ4n) is 4.82. The van der Waals surface area contributed by atoms with Crippen LogP contribution in [-0.2, 0) is 17.8 Å². The molecular weight excluding hydrogens is 518 g/mol. The van der Waals surface area contributed by atoms with Crippen molar-refractivity contribution < 1.29 is 19.4 Å². The van der Waals surface area contributed by atoms with Crippen LogP contribution in [-0.4, -0.2) is 57.7 Å². The van der Waals surface area contributed by atoms with Gasteiger partial charge < -0.3 is 25.2 Å².